The molecule has 1 aliphatic heterocycles. The molecule has 1 saturated heterocycles. The molecule has 104 valence electrons. The van der Waals surface area contributed by atoms with E-state index in [0.717, 1.165) is 16.6 Å². The monoisotopic (exact) mass is 326 g/mol. The minimum Gasteiger partial charge on any atom is -0.394 e. The summed E-state index contributed by atoms with van der Waals surface area (Å²) in [6.45, 7) is 2.60. The predicted molar refractivity (Wildman–Crippen MR) is 79.2 cm³/mol. The van der Waals surface area contributed by atoms with Gasteiger partial charge in [0.15, 0.2) is 0 Å². The van der Waals surface area contributed by atoms with Gasteiger partial charge in [0, 0.05) is 17.1 Å². The van der Waals surface area contributed by atoms with Crippen LogP contribution in [0.3, 0.4) is 0 Å². The highest BCUT2D eigenvalue weighted by Gasteiger charge is 2.34. The van der Waals surface area contributed by atoms with Crippen LogP contribution in [0.4, 0.5) is 5.69 Å². The Morgan fingerprint density at radius 3 is 2.74 bits per heavy atom. The Kier molecular flexibility index (Phi) is 4.60. The average molecular weight is 327 g/mol. The molecule has 19 heavy (non-hydrogen) atoms. The number of hydrogen-bond donors (Lipinski definition) is 1. The first-order valence-electron chi connectivity index (χ1n) is 6.45. The molecule has 0 saturated carbocycles. The fraction of sp³-hybridized carbons (Fsp3) is 0.500. The number of anilines is 1. The summed E-state index contributed by atoms with van der Waals surface area (Å²) in [4.78, 5) is 16.3. The quantitative estimate of drug-likeness (QED) is 0.902. The molecular formula is C14H19BrN2O2. The fourth-order valence-corrected chi connectivity index (χ4v) is 2.91. The van der Waals surface area contributed by atoms with Crippen molar-refractivity contribution in [3.05, 3.63) is 28.7 Å². The Morgan fingerprint density at radius 2 is 2.11 bits per heavy atom. The summed E-state index contributed by atoms with van der Waals surface area (Å²) in [6, 6.07) is 7.49. The van der Waals surface area contributed by atoms with Crippen molar-refractivity contribution < 1.29 is 9.90 Å². The van der Waals surface area contributed by atoms with E-state index in [1.807, 2.05) is 36.2 Å². The number of halogens is 1. The second kappa shape index (κ2) is 6.03. The van der Waals surface area contributed by atoms with Crippen LogP contribution in [-0.4, -0.2) is 48.2 Å². The van der Waals surface area contributed by atoms with E-state index >= 15 is 0 Å². The number of carbonyl (C=O) groups excluding carboxylic acids is 1. The van der Waals surface area contributed by atoms with Gasteiger partial charge < -0.3 is 10.0 Å². The average Bonchev–Trinajstić information content (AvgIpc) is 2.50. The van der Waals surface area contributed by atoms with E-state index in [4.69, 9.17) is 0 Å². The number of carbonyl (C=O) groups is 1. The topological polar surface area (TPSA) is 43.8 Å². The van der Waals surface area contributed by atoms with Crippen molar-refractivity contribution in [1.29, 1.82) is 0 Å². The normalized spacial score (nSPS) is 25.5. The number of amides is 1. The summed E-state index contributed by atoms with van der Waals surface area (Å²) in [6.07, 6.45) is 0.889. The molecule has 1 amide bonds. The summed E-state index contributed by atoms with van der Waals surface area (Å²) >= 11 is 3.49. The van der Waals surface area contributed by atoms with Crippen molar-refractivity contribution >= 4 is 27.5 Å². The van der Waals surface area contributed by atoms with Crippen LogP contribution in [-0.2, 0) is 4.79 Å². The lowest BCUT2D eigenvalue weighted by molar-refractivity contribution is -0.124. The van der Waals surface area contributed by atoms with E-state index in [-0.39, 0.29) is 18.6 Å². The van der Waals surface area contributed by atoms with Crippen molar-refractivity contribution in [2.75, 3.05) is 25.1 Å². The first-order chi connectivity index (χ1) is 9.06. The Balaban J connectivity index is 2.36. The van der Waals surface area contributed by atoms with Crippen LogP contribution in [0.1, 0.15) is 13.3 Å². The van der Waals surface area contributed by atoms with E-state index in [2.05, 4.69) is 22.9 Å². The Bertz CT molecular complexity index is 467. The first-order valence-corrected chi connectivity index (χ1v) is 7.24. The highest BCUT2D eigenvalue weighted by molar-refractivity contribution is 9.10. The van der Waals surface area contributed by atoms with Gasteiger partial charge in [-0.3, -0.25) is 9.69 Å². The number of likely N-dealkylation sites (N-methyl/N-ethyl adjacent to an activating group) is 1. The van der Waals surface area contributed by atoms with Crippen LogP contribution in [0.15, 0.2) is 28.7 Å². The van der Waals surface area contributed by atoms with Crippen molar-refractivity contribution in [2.45, 2.75) is 25.4 Å². The largest absolute Gasteiger partial charge is 0.394 e. The zero-order chi connectivity index (χ0) is 14.0. The molecule has 1 fully saturated rings. The zero-order valence-electron chi connectivity index (χ0n) is 11.2. The zero-order valence-corrected chi connectivity index (χ0v) is 12.8. The summed E-state index contributed by atoms with van der Waals surface area (Å²) in [5.41, 5.74) is 0.869. The van der Waals surface area contributed by atoms with Crippen molar-refractivity contribution in [1.82, 2.24) is 4.90 Å². The maximum absolute atomic E-state index is 12.6. The summed E-state index contributed by atoms with van der Waals surface area (Å²) < 4.78 is 0.900. The maximum Gasteiger partial charge on any atom is 0.246 e. The molecule has 1 heterocycles. The predicted octanol–water partition coefficient (Wildman–Crippen LogP) is 1.87. The van der Waals surface area contributed by atoms with Crippen molar-refractivity contribution in [3.8, 4) is 0 Å². The van der Waals surface area contributed by atoms with Gasteiger partial charge in [-0.05, 0) is 48.5 Å². The van der Waals surface area contributed by atoms with E-state index in [0.29, 0.717) is 6.54 Å². The molecular weight excluding hydrogens is 308 g/mol. The first kappa shape index (κ1) is 14.5. The summed E-state index contributed by atoms with van der Waals surface area (Å²) in [5, 5.41) is 9.51. The van der Waals surface area contributed by atoms with Crippen LogP contribution in [0, 0.1) is 0 Å². The number of nitrogens with zero attached hydrogens (tertiary/aromatic N) is 2. The molecule has 2 atom stereocenters. The van der Waals surface area contributed by atoms with Gasteiger partial charge in [-0.25, -0.2) is 0 Å². The van der Waals surface area contributed by atoms with Gasteiger partial charge in [0.2, 0.25) is 5.91 Å². The number of benzene rings is 1. The van der Waals surface area contributed by atoms with Crippen LogP contribution in [0.2, 0.25) is 0 Å². The number of para-hydroxylation sites is 1. The van der Waals surface area contributed by atoms with Crippen LogP contribution in [0.25, 0.3) is 0 Å². The van der Waals surface area contributed by atoms with Crippen LogP contribution < -0.4 is 4.90 Å². The molecule has 0 radical (unpaired) electrons. The van der Waals surface area contributed by atoms with Gasteiger partial charge in [0.05, 0.1) is 12.3 Å². The minimum atomic E-state index is -0.468. The van der Waals surface area contributed by atoms with Gasteiger partial charge in [-0.2, -0.15) is 0 Å². The highest BCUT2D eigenvalue weighted by atomic mass is 79.9. The lowest BCUT2D eigenvalue weighted by atomic mass is 10.2. The molecule has 0 aromatic heterocycles. The lowest BCUT2D eigenvalue weighted by Crippen LogP contribution is -2.48. The van der Waals surface area contributed by atoms with Gasteiger partial charge in [-0.15, -0.1) is 0 Å². The SMILES string of the molecule is CC1CCN(c2ccccc2Br)C(=O)C(CO)N1C. The molecule has 5 heteroatoms. The second-order valence-electron chi connectivity index (χ2n) is 4.94. The van der Waals surface area contributed by atoms with Crippen molar-refractivity contribution in [3.63, 3.8) is 0 Å². The number of hydrogen-bond acceptors (Lipinski definition) is 3. The van der Waals surface area contributed by atoms with Gasteiger partial charge in [-0.1, -0.05) is 12.1 Å². The molecule has 1 aliphatic rings. The molecule has 4 nitrogen and oxygen atoms in total. The second-order valence-corrected chi connectivity index (χ2v) is 5.80. The molecule has 2 unspecified atom stereocenters. The standard InChI is InChI=1S/C14H19BrN2O2/c1-10-7-8-17(12-6-4-3-5-11(12)15)14(19)13(9-18)16(10)2/h3-6,10,13,18H,7-9H2,1-2H3. The van der Waals surface area contributed by atoms with Gasteiger partial charge in [0.1, 0.15) is 6.04 Å². The number of aliphatic hydroxyl groups excluding tert-OH is 1. The summed E-state index contributed by atoms with van der Waals surface area (Å²) in [7, 11) is 1.90. The molecule has 1 aromatic carbocycles. The van der Waals surface area contributed by atoms with E-state index in [1.165, 1.54) is 0 Å². The Hall–Kier alpha value is -0.910. The van der Waals surface area contributed by atoms with E-state index in [1.54, 1.807) is 4.90 Å². The molecule has 1 N–H and O–H groups in total. The van der Waals surface area contributed by atoms with Crippen LogP contribution >= 0.6 is 15.9 Å². The van der Waals surface area contributed by atoms with E-state index in [9.17, 15) is 9.90 Å². The number of rotatable bonds is 2. The van der Waals surface area contributed by atoms with E-state index < -0.39 is 6.04 Å². The maximum atomic E-state index is 12.6. The third kappa shape index (κ3) is 2.83. The smallest absolute Gasteiger partial charge is 0.246 e. The van der Waals surface area contributed by atoms with Crippen LogP contribution in [0.5, 0.6) is 0 Å². The molecule has 1 aromatic rings. The Labute approximate surface area is 122 Å². The van der Waals surface area contributed by atoms with Crippen molar-refractivity contribution in [2.24, 2.45) is 0 Å². The minimum absolute atomic E-state index is 0.0405. The third-order valence-corrected chi connectivity index (χ3v) is 4.50. The molecule has 0 aliphatic carbocycles. The lowest BCUT2D eigenvalue weighted by Gasteiger charge is -2.29. The molecule has 0 bridgehead atoms. The van der Waals surface area contributed by atoms with Gasteiger partial charge in [0.25, 0.3) is 0 Å². The molecule has 0 spiro atoms. The highest BCUT2D eigenvalue weighted by Crippen LogP contribution is 2.29. The van der Waals surface area contributed by atoms with Gasteiger partial charge >= 0.3 is 0 Å². The number of aliphatic hydroxyl groups is 1. The Morgan fingerprint density at radius 1 is 1.42 bits per heavy atom. The fourth-order valence-electron chi connectivity index (χ4n) is 2.41. The summed E-state index contributed by atoms with van der Waals surface area (Å²) in [5.74, 6) is -0.0405. The molecule has 2 rings (SSSR count). The third-order valence-electron chi connectivity index (χ3n) is 3.82.